The number of rotatable bonds is 11. The van der Waals surface area contributed by atoms with Crippen LogP contribution >= 0.6 is 0 Å². The first-order chi connectivity index (χ1) is 19.9. The highest BCUT2D eigenvalue weighted by Crippen LogP contribution is 2.39. The standard InChI is InChI=1S/C32H40N4O5/c1-5-7-26-23(16-22(3)35-26)17-24(6-2)41-31-25-18-28(38-4)29(19-27(25)33-21-34-31)40-14-8-30(37)36-12-9-32(10-13-36)11-15-39-20-32/h5,16-19,21,35H,1,6-15,20H2,2-4H3/b24-17+. The maximum atomic E-state index is 12.9. The number of aromatic amines is 1. The zero-order valence-corrected chi connectivity index (χ0v) is 24.3. The van der Waals surface area contributed by atoms with E-state index >= 15 is 0 Å². The lowest BCUT2D eigenvalue weighted by Gasteiger charge is -2.38. The minimum absolute atomic E-state index is 0.115. The van der Waals surface area contributed by atoms with Crippen molar-refractivity contribution in [3.05, 3.63) is 59.9 Å². The van der Waals surface area contributed by atoms with E-state index in [1.807, 2.05) is 43.0 Å². The lowest BCUT2D eigenvalue weighted by Crippen LogP contribution is -2.43. The van der Waals surface area contributed by atoms with E-state index in [2.05, 4.69) is 27.6 Å². The predicted molar refractivity (Wildman–Crippen MR) is 158 cm³/mol. The Morgan fingerprint density at radius 3 is 2.73 bits per heavy atom. The molecule has 2 aliphatic rings. The van der Waals surface area contributed by atoms with Crippen molar-refractivity contribution in [3.63, 3.8) is 0 Å². The van der Waals surface area contributed by atoms with E-state index in [1.165, 1.54) is 6.33 Å². The molecule has 0 aliphatic carbocycles. The molecule has 2 aromatic heterocycles. The molecule has 0 unspecified atom stereocenters. The number of aromatic nitrogens is 3. The summed E-state index contributed by atoms with van der Waals surface area (Å²) >= 11 is 0. The fourth-order valence-electron chi connectivity index (χ4n) is 5.68. The number of likely N-dealkylation sites (tertiary alicyclic amines) is 1. The van der Waals surface area contributed by atoms with Gasteiger partial charge in [0.15, 0.2) is 11.5 Å². The number of fused-ring (bicyclic) bond motifs is 1. The van der Waals surface area contributed by atoms with Gasteiger partial charge < -0.3 is 28.8 Å². The number of aryl methyl sites for hydroxylation is 1. The van der Waals surface area contributed by atoms with E-state index in [4.69, 9.17) is 18.9 Å². The van der Waals surface area contributed by atoms with Gasteiger partial charge in [0.2, 0.25) is 11.8 Å². The third-order valence-corrected chi connectivity index (χ3v) is 8.13. The average Bonchev–Trinajstić information content (AvgIpc) is 3.58. The molecule has 9 heteroatoms. The highest BCUT2D eigenvalue weighted by atomic mass is 16.5. The number of carbonyl (C=O) groups excluding carboxylic acids is 1. The van der Waals surface area contributed by atoms with Gasteiger partial charge in [0.25, 0.3) is 0 Å². The summed E-state index contributed by atoms with van der Waals surface area (Å²) in [5.74, 6) is 2.39. The lowest BCUT2D eigenvalue weighted by atomic mass is 9.78. The van der Waals surface area contributed by atoms with Gasteiger partial charge in [-0.2, -0.15) is 0 Å². The van der Waals surface area contributed by atoms with Crippen molar-refractivity contribution in [1.29, 1.82) is 0 Å². The molecule has 0 bridgehead atoms. The average molecular weight is 561 g/mol. The number of allylic oxidation sites excluding steroid dienone is 2. The number of benzene rings is 1. The molecule has 0 atom stereocenters. The summed E-state index contributed by atoms with van der Waals surface area (Å²) in [7, 11) is 1.59. The summed E-state index contributed by atoms with van der Waals surface area (Å²) in [4.78, 5) is 27.1. The van der Waals surface area contributed by atoms with Crippen LogP contribution in [-0.4, -0.2) is 65.8 Å². The fraction of sp³-hybridized carbons (Fsp3) is 0.469. The van der Waals surface area contributed by atoms with Gasteiger partial charge >= 0.3 is 0 Å². The quantitative estimate of drug-likeness (QED) is 0.240. The van der Waals surface area contributed by atoms with Gasteiger partial charge in [-0.15, -0.1) is 6.58 Å². The number of nitrogens with one attached hydrogen (secondary N) is 1. The van der Waals surface area contributed by atoms with Crippen LogP contribution in [0.4, 0.5) is 0 Å². The van der Waals surface area contributed by atoms with Crippen LogP contribution in [0.1, 0.15) is 56.0 Å². The highest BCUT2D eigenvalue weighted by Gasteiger charge is 2.38. The van der Waals surface area contributed by atoms with Gasteiger partial charge in [-0.25, -0.2) is 9.97 Å². The zero-order valence-electron chi connectivity index (χ0n) is 24.3. The van der Waals surface area contributed by atoms with E-state index in [9.17, 15) is 4.79 Å². The van der Waals surface area contributed by atoms with Crippen LogP contribution in [0, 0.1) is 12.3 Å². The Hall–Kier alpha value is -3.85. The zero-order chi connectivity index (χ0) is 28.8. The number of nitrogens with zero attached hydrogens (tertiary/aromatic N) is 3. The summed E-state index contributed by atoms with van der Waals surface area (Å²) in [6.07, 6.45) is 10.3. The third-order valence-electron chi connectivity index (χ3n) is 8.13. The Morgan fingerprint density at radius 2 is 2.02 bits per heavy atom. The molecule has 1 aromatic carbocycles. The van der Waals surface area contributed by atoms with Crippen LogP contribution in [-0.2, 0) is 16.0 Å². The summed E-state index contributed by atoms with van der Waals surface area (Å²) in [6.45, 7) is 11.4. The first kappa shape index (κ1) is 28.7. The van der Waals surface area contributed by atoms with Crippen LogP contribution in [0.3, 0.4) is 0 Å². The number of piperidine rings is 1. The first-order valence-corrected chi connectivity index (χ1v) is 14.4. The van der Waals surface area contributed by atoms with Crippen LogP contribution in [0.5, 0.6) is 17.4 Å². The van der Waals surface area contributed by atoms with Crippen LogP contribution < -0.4 is 14.2 Å². The molecule has 9 nitrogen and oxygen atoms in total. The maximum Gasteiger partial charge on any atom is 0.229 e. The molecule has 1 N–H and O–H groups in total. The fourth-order valence-corrected chi connectivity index (χ4v) is 5.68. The topological polar surface area (TPSA) is 98.8 Å². The normalized spacial score (nSPS) is 16.8. The van der Waals surface area contributed by atoms with Crippen molar-refractivity contribution < 1.29 is 23.7 Å². The van der Waals surface area contributed by atoms with Gasteiger partial charge in [0, 0.05) is 50.0 Å². The molecular weight excluding hydrogens is 520 g/mol. The number of ether oxygens (including phenoxy) is 4. The van der Waals surface area contributed by atoms with Crippen molar-refractivity contribution in [2.45, 2.75) is 52.4 Å². The summed E-state index contributed by atoms with van der Waals surface area (Å²) in [5.41, 5.74) is 4.18. The van der Waals surface area contributed by atoms with Crippen molar-refractivity contribution in [2.24, 2.45) is 5.41 Å². The Morgan fingerprint density at radius 1 is 1.20 bits per heavy atom. The number of hydrogen-bond donors (Lipinski definition) is 1. The smallest absolute Gasteiger partial charge is 0.229 e. The van der Waals surface area contributed by atoms with E-state index < -0.39 is 0 Å². The minimum atomic E-state index is 0.115. The van der Waals surface area contributed by atoms with Gasteiger partial charge in [0.1, 0.15) is 12.1 Å². The second-order valence-electron chi connectivity index (χ2n) is 10.9. The number of carbonyl (C=O) groups is 1. The van der Waals surface area contributed by atoms with E-state index in [-0.39, 0.29) is 17.9 Å². The summed E-state index contributed by atoms with van der Waals surface area (Å²) < 4.78 is 23.6. The van der Waals surface area contributed by atoms with Crippen LogP contribution in [0.25, 0.3) is 17.0 Å². The monoisotopic (exact) mass is 560 g/mol. The number of hydrogen-bond acceptors (Lipinski definition) is 7. The Bertz CT molecular complexity index is 1410. The molecule has 2 fully saturated rings. The lowest BCUT2D eigenvalue weighted by molar-refractivity contribution is -0.134. The number of amides is 1. The SMILES string of the molecule is C=CCc1[nH]c(C)cc1/C=C(\CC)Oc1ncnc2cc(OCCC(=O)N3CCC4(CCOC4)CC3)c(OC)cc12. The van der Waals surface area contributed by atoms with Gasteiger partial charge in [-0.3, -0.25) is 4.79 Å². The molecule has 0 saturated carbocycles. The number of methoxy groups -OCH3 is 1. The summed E-state index contributed by atoms with van der Waals surface area (Å²) in [5, 5.41) is 0.710. The largest absolute Gasteiger partial charge is 0.493 e. The van der Waals surface area contributed by atoms with Gasteiger partial charge in [0.05, 0.1) is 37.6 Å². The molecule has 2 saturated heterocycles. The molecule has 0 radical (unpaired) electrons. The van der Waals surface area contributed by atoms with Crippen molar-refractivity contribution >= 4 is 22.9 Å². The Kier molecular flexibility index (Phi) is 8.93. The van der Waals surface area contributed by atoms with Gasteiger partial charge in [-0.1, -0.05) is 13.0 Å². The first-order valence-electron chi connectivity index (χ1n) is 14.4. The Labute approximate surface area is 241 Å². The molecule has 2 aliphatic heterocycles. The maximum absolute atomic E-state index is 12.9. The van der Waals surface area contributed by atoms with Gasteiger partial charge in [-0.05, 0) is 55.4 Å². The second-order valence-corrected chi connectivity index (χ2v) is 10.9. The molecular formula is C32H40N4O5. The molecule has 41 heavy (non-hydrogen) atoms. The van der Waals surface area contributed by atoms with E-state index in [1.54, 1.807) is 7.11 Å². The minimum Gasteiger partial charge on any atom is -0.493 e. The van der Waals surface area contributed by atoms with Crippen LogP contribution in [0.15, 0.2) is 42.9 Å². The van der Waals surface area contributed by atoms with Crippen LogP contribution in [0.2, 0.25) is 0 Å². The summed E-state index contributed by atoms with van der Waals surface area (Å²) in [6, 6.07) is 5.73. The molecule has 3 aromatic rings. The van der Waals surface area contributed by atoms with E-state index in [0.717, 1.165) is 74.7 Å². The second kappa shape index (κ2) is 12.8. The van der Waals surface area contributed by atoms with Crippen molar-refractivity contribution in [1.82, 2.24) is 19.9 Å². The molecule has 218 valence electrons. The van der Waals surface area contributed by atoms with Crippen molar-refractivity contribution in [2.75, 3.05) is 40.0 Å². The van der Waals surface area contributed by atoms with Crippen molar-refractivity contribution in [3.8, 4) is 17.4 Å². The molecule has 1 spiro atoms. The Balaban J connectivity index is 1.26. The molecule has 4 heterocycles. The predicted octanol–water partition coefficient (Wildman–Crippen LogP) is 5.63. The highest BCUT2D eigenvalue weighted by molar-refractivity contribution is 5.87. The number of H-pyrrole nitrogens is 1. The third kappa shape index (κ3) is 6.56. The van der Waals surface area contributed by atoms with E-state index in [0.29, 0.717) is 41.1 Å². The molecule has 5 rings (SSSR count). The molecule has 1 amide bonds.